The number of methoxy groups -OCH3 is 3. The van der Waals surface area contributed by atoms with Gasteiger partial charge in [-0.3, -0.25) is 9.89 Å². The van der Waals surface area contributed by atoms with Crippen molar-refractivity contribution in [1.82, 2.24) is 15.5 Å². The molecule has 29 heavy (non-hydrogen) atoms. The minimum absolute atomic E-state index is 0.0218. The Bertz CT molecular complexity index is 673. The average Bonchev–Trinajstić information content (AvgIpc) is 2.75. The summed E-state index contributed by atoms with van der Waals surface area (Å²) in [6.45, 7) is 9.50. The Labute approximate surface area is 174 Å². The molecular formula is C21H36N4O4. The van der Waals surface area contributed by atoms with Crippen molar-refractivity contribution in [2.24, 2.45) is 4.99 Å². The highest BCUT2D eigenvalue weighted by Crippen LogP contribution is 2.39. The SMILES string of the molecule is CN=C(NCCc1ccc(OC)c(OC)c1OC)NCC(C)(C)N1CCOCC1. The molecule has 0 bridgehead atoms. The van der Waals surface area contributed by atoms with Crippen molar-refractivity contribution in [3.05, 3.63) is 17.7 Å². The molecule has 1 saturated heterocycles. The molecule has 1 heterocycles. The molecule has 0 radical (unpaired) electrons. The van der Waals surface area contributed by atoms with E-state index in [1.807, 2.05) is 12.1 Å². The lowest BCUT2D eigenvalue weighted by Crippen LogP contribution is -2.56. The fraction of sp³-hybridized carbons (Fsp3) is 0.667. The molecule has 0 aromatic heterocycles. The summed E-state index contributed by atoms with van der Waals surface area (Å²) in [5.41, 5.74) is 1.07. The Morgan fingerprint density at radius 3 is 2.34 bits per heavy atom. The standard InChI is InChI=1S/C21H36N4O4/c1-21(2,25-11-13-29-14-12-25)15-24-20(22-3)23-10-9-16-7-8-17(26-4)19(28-6)18(16)27-5/h7-8H,9-15H2,1-6H3,(H2,22,23,24). The molecule has 0 spiro atoms. The van der Waals surface area contributed by atoms with Gasteiger partial charge in [-0.2, -0.15) is 0 Å². The lowest BCUT2D eigenvalue weighted by molar-refractivity contribution is -0.00833. The van der Waals surface area contributed by atoms with E-state index >= 15 is 0 Å². The van der Waals surface area contributed by atoms with Crippen LogP contribution < -0.4 is 24.8 Å². The van der Waals surface area contributed by atoms with Crippen LogP contribution in [0, 0.1) is 0 Å². The molecule has 0 aliphatic carbocycles. The second-order valence-electron chi connectivity index (χ2n) is 7.51. The van der Waals surface area contributed by atoms with Crippen LogP contribution >= 0.6 is 0 Å². The Balaban J connectivity index is 1.90. The van der Waals surface area contributed by atoms with E-state index in [1.165, 1.54) is 0 Å². The minimum atomic E-state index is 0.0218. The number of ether oxygens (including phenoxy) is 4. The van der Waals surface area contributed by atoms with E-state index in [-0.39, 0.29) is 5.54 Å². The van der Waals surface area contributed by atoms with Gasteiger partial charge in [0.15, 0.2) is 17.5 Å². The number of nitrogens with zero attached hydrogens (tertiary/aromatic N) is 2. The molecule has 8 nitrogen and oxygen atoms in total. The average molecular weight is 409 g/mol. The molecule has 1 aromatic rings. The van der Waals surface area contributed by atoms with Crippen LogP contribution in [-0.2, 0) is 11.2 Å². The second-order valence-corrected chi connectivity index (χ2v) is 7.51. The zero-order chi connectivity index (χ0) is 21.3. The molecule has 0 amide bonds. The third-order valence-corrected chi connectivity index (χ3v) is 5.25. The lowest BCUT2D eigenvalue weighted by atomic mass is 10.0. The molecule has 2 rings (SSSR count). The van der Waals surface area contributed by atoms with Crippen molar-refractivity contribution in [1.29, 1.82) is 0 Å². The number of morpholine rings is 1. The van der Waals surface area contributed by atoms with Crippen LogP contribution in [0.2, 0.25) is 0 Å². The van der Waals surface area contributed by atoms with Crippen LogP contribution in [-0.4, -0.2) is 84.2 Å². The van der Waals surface area contributed by atoms with Crippen LogP contribution in [0.5, 0.6) is 17.2 Å². The van der Waals surface area contributed by atoms with Gasteiger partial charge in [0.1, 0.15) is 0 Å². The van der Waals surface area contributed by atoms with Gasteiger partial charge in [0.25, 0.3) is 0 Å². The third-order valence-electron chi connectivity index (χ3n) is 5.25. The first kappa shape index (κ1) is 23.1. The van der Waals surface area contributed by atoms with Crippen molar-refractivity contribution >= 4 is 5.96 Å². The van der Waals surface area contributed by atoms with Gasteiger partial charge in [-0.05, 0) is 26.3 Å². The Kier molecular flexibility index (Phi) is 8.85. The van der Waals surface area contributed by atoms with Gasteiger partial charge in [0.05, 0.1) is 34.5 Å². The summed E-state index contributed by atoms with van der Waals surface area (Å²) >= 11 is 0. The lowest BCUT2D eigenvalue weighted by Gasteiger charge is -2.41. The van der Waals surface area contributed by atoms with Crippen molar-refractivity contribution in [2.45, 2.75) is 25.8 Å². The van der Waals surface area contributed by atoms with Crippen LogP contribution in [0.25, 0.3) is 0 Å². The van der Waals surface area contributed by atoms with E-state index in [4.69, 9.17) is 18.9 Å². The minimum Gasteiger partial charge on any atom is -0.493 e. The number of nitrogens with one attached hydrogen (secondary N) is 2. The topological polar surface area (TPSA) is 76.6 Å². The quantitative estimate of drug-likeness (QED) is 0.474. The molecule has 1 fully saturated rings. The fourth-order valence-corrected chi connectivity index (χ4v) is 3.48. The van der Waals surface area contributed by atoms with E-state index in [0.29, 0.717) is 23.8 Å². The molecule has 0 unspecified atom stereocenters. The summed E-state index contributed by atoms with van der Waals surface area (Å²) in [6.07, 6.45) is 0.761. The Morgan fingerprint density at radius 1 is 1.07 bits per heavy atom. The highest BCUT2D eigenvalue weighted by Gasteiger charge is 2.28. The molecule has 8 heteroatoms. The normalized spacial score (nSPS) is 15.7. The maximum absolute atomic E-state index is 5.56. The fourth-order valence-electron chi connectivity index (χ4n) is 3.48. The molecule has 0 saturated carbocycles. The summed E-state index contributed by atoms with van der Waals surface area (Å²) in [4.78, 5) is 6.80. The number of rotatable bonds is 9. The van der Waals surface area contributed by atoms with Crippen molar-refractivity contribution in [2.75, 3.05) is 67.8 Å². The van der Waals surface area contributed by atoms with Gasteiger partial charge in [-0.15, -0.1) is 0 Å². The van der Waals surface area contributed by atoms with Crippen molar-refractivity contribution in [3.8, 4) is 17.2 Å². The van der Waals surface area contributed by atoms with Crippen LogP contribution in [0.1, 0.15) is 19.4 Å². The first-order valence-corrected chi connectivity index (χ1v) is 10.0. The van der Waals surface area contributed by atoms with Crippen LogP contribution in [0.15, 0.2) is 17.1 Å². The smallest absolute Gasteiger partial charge is 0.203 e. The number of hydrogen-bond acceptors (Lipinski definition) is 6. The largest absolute Gasteiger partial charge is 0.493 e. The van der Waals surface area contributed by atoms with E-state index in [2.05, 4.69) is 34.4 Å². The highest BCUT2D eigenvalue weighted by molar-refractivity contribution is 5.79. The number of aliphatic imine (C=N–C) groups is 1. The van der Waals surface area contributed by atoms with E-state index in [9.17, 15) is 0 Å². The first-order chi connectivity index (χ1) is 14.0. The zero-order valence-electron chi connectivity index (χ0n) is 18.6. The molecule has 1 aliphatic heterocycles. The summed E-state index contributed by atoms with van der Waals surface area (Å²) < 4.78 is 21.8. The molecule has 164 valence electrons. The Hall–Kier alpha value is -2.19. The van der Waals surface area contributed by atoms with Gasteiger partial charge in [-0.25, -0.2) is 0 Å². The van der Waals surface area contributed by atoms with E-state index in [0.717, 1.165) is 50.8 Å². The summed E-state index contributed by atoms with van der Waals surface area (Å²) in [5.74, 6) is 2.75. The molecule has 2 N–H and O–H groups in total. The molecule has 0 atom stereocenters. The predicted molar refractivity (Wildman–Crippen MR) is 116 cm³/mol. The zero-order valence-corrected chi connectivity index (χ0v) is 18.6. The third kappa shape index (κ3) is 6.14. The van der Waals surface area contributed by atoms with Gasteiger partial charge in [-0.1, -0.05) is 6.07 Å². The highest BCUT2D eigenvalue weighted by atomic mass is 16.5. The molecule has 1 aromatic carbocycles. The van der Waals surface area contributed by atoms with Crippen LogP contribution in [0.4, 0.5) is 0 Å². The van der Waals surface area contributed by atoms with Crippen molar-refractivity contribution < 1.29 is 18.9 Å². The number of guanidine groups is 1. The summed E-state index contributed by atoms with van der Waals surface area (Å²) in [6, 6.07) is 3.90. The van der Waals surface area contributed by atoms with Gasteiger partial charge in [0, 0.05) is 44.3 Å². The number of benzene rings is 1. The maximum atomic E-state index is 5.56. The van der Waals surface area contributed by atoms with Gasteiger partial charge < -0.3 is 29.6 Å². The Morgan fingerprint density at radius 2 is 1.76 bits per heavy atom. The molecule has 1 aliphatic rings. The van der Waals surface area contributed by atoms with Crippen molar-refractivity contribution in [3.63, 3.8) is 0 Å². The summed E-state index contributed by atoms with van der Waals surface area (Å²) in [7, 11) is 6.66. The van der Waals surface area contributed by atoms with Gasteiger partial charge >= 0.3 is 0 Å². The monoisotopic (exact) mass is 408 g/mol. The van der Waals surface area contributed by atoms with Gasteiger partial charge in [0.2, 0.25) is 5.75 Å². The molecular weight excluding hydrogens is 372 g/mol. The van der Waals surface area contributed by atoms with E-state index < -0.39 is 0 Å². The first-order valence-electron chi connectivity index (χ1n) is 10.0. The maximum Gasteiger partial charge on any atom is 0.203 e. The van der Waals surface area contributed by atoms with Crippen LogP contribution in [0.3, 0.4) is 0 Å². The second kappa shape index (κ2) is 11.1. The number of hydrogen-bond donors (Lipinski definition) is 2. The van der Waals surface area contributed by atoms with E-state index in [1.54, 1.807) is 28.4 Å². The summed E-state index contributed by atoms with van der Waals surface area (Å²) in [5, 5.41) is 6.82. The predicted octanol–water partition coefficient (Wildman–Crippen LogP) is 1.53.